The number of cyclic esters (lactones) is 2. The van der Waals surface area contributed by atoms with Crippen molar-refractivity contribution in [2.45, 2.75) is 12.8 Å². The third-order valence-corrected chi connectivity index (χ3v) is 1.17. The lowest BCUT2D eigenvalue weighted by atomic mass is 10.4. The Kier molecular flexibility index (Phi) is 3.01. The Morgan fingerprint density at radius 1 is 1.33 bits per heavy atom. The van der Waals surface area contributed by atoms with E-state index in [-0.39, 0.29) is 12.8 Å². The van der Waals surface area contributed by atoms with E-state index in [0.717, 1.165) is 0 Å². The Labute approximate surface area is 68.8 Å². The molecule has 1 N–H and O–H groups in total. The number of H-pyrrole nitrogens is 1. The van der Waals surface area contributed by atoms with Crippen LogP contribution >= 0.6 is 0 Å². The number of hydrogen-bond acceptors (Lipinski definition) is 4. The van der Waals surface area contributed by atoms with E-state index in [0.29, 0.717) is 0 Å². The molecule has 1 fully saturated rings. The average Bonchev–Trinajstić information content (AvgIpc) is 2.63. The average molecular weight is 168 g/mol. The quantitative estimate of drug-likeness (QED) is 0.445. The standard InChI is InChI=1S/C4H4O3.C3H4N2/c5-3-1-2-4(6)7-3;1-2-5-3-4-1/h1-2H2;1-3H,(H,4,5). The van der Waals surface area contributed by atoms with Crippen LogP contribution in [-0.2, 0) is 14.3 Å². The van der Waals surface area contributed by atoms with Crippen LogP contribution < -0.4 is 0 Å². The molecule has 1 aliphatic rings. The number of carbonyl (C=O) groups excluding carboxylic acids is 2. The van der Waals surface area contributed by atoms with E-state index >= 15 is 0 Å². The van der Waals surface area contributed by atoms with Crippen LogP contribution in [0, 0.1) is 0 Å². The molecular weight excluding hydrogens is 160 g/mol. The second-order valence-electron chi connectivity index (χ2n) is 2.11. The molecule has 2 heterocycles. The fourth-order valence-electron chi connectivity index (χ4n) is 0.648. The molecule has 0 saturated carbocycles. The smallest absolute Gasteiger partial charge is 0.314 e. The molecule has 0 amide bonds. The Hall–Kier alpha value is -1.65. The molecule has 2 rings (SSSR count). The first-order valence-electron chi connectivity index (χ1n) is 3.45. The van der Waals surface area contributed by atoms with Crippen LogP contribution in [0.3, 0.4) is 0 Å². The van der Waals surface area contributed by atoms with Crippen LogP contribution in [0.25, 0.3) is 0 Å². The molecule has 0 aromatic carbocycles. The molecule has 5 heteroatoms. The zero-order chi connectivity index (χ0) is 8.81. The van der Waals surface area contributed by atoms with E-state index in [1.165, 1.54) is 0 Å². The molecular formula is C7H8N2O3. The zero-order valence-corrected chi connectivity index (χ0v) is 6.32. The highest BCUT2D eigenvalue weighted by Gasteiger charge is 2.19. The van der Waals surface area contributed by atoms with Crippen molar-refractivity contribution in [2.24, 2.45) is 0 Å². The number of nitrogens with zero attached hydrogens (tertiary/aromatic N) is 1. The van der Waals surface area contributed by atoms with Crippen molar-refractivity contribution in [1.29, 1.82) is 0 Å². The molecule has 1 aromatic heterocycles. The maximum absolute atomic E-state index is 10.0. The summed E-state index contributed by atoms with van der Waals surface area (Å²) in [6, 6.07) is 0. The van der Waals surface area contributed by atoms with Gasteiger partial charge in [0.2, 0.25) is 0 Å². The van der Waals surface area contributed by atoms with E-state index in [4.69, 9.17) is 0 Å². The molecule has 1 aliphatic heterocycles. The number of aromatic nitrogens is 2. The van der Waals surface area contributed by atoms with Gasteiger partial charge in [-0.3, -0.25) is 9.59 Å². The van der Waals surface area contributed by atoms with Crippen LogP contribution in [0.1, 0.15) is 12.8 Å². The third-order valence-electron chi connectivity index (χ3n) is 1.17. The van der Waals surface area contributed by atoms with Gasteiger partial charge in [-0.05, 0) is 0 Å². The highest BCUT2D eigenvalue weighted by molar-refractivity contribution is 5.92. The van der Waals surface area contributed by atoms with E-state index in [9.17, 15) is 9.59 Å². The Morgan fingerprint density at radius 2 is 2.00 bits per heavy atom. The number of nitrogens with one attached hydrogen (secondary N) is 1. The van der Waals surface area contributed by atoms with Crippen LogP contribution in [0.15, 0.2) is 18.7 Å². The Balaban J connectivity index is 0.000000127. The second-order valence-corrected chi connectivity index (χ2v) is 2.11. The van der Waals surface area contributed by atoms with Crippen molar-refractivity contribution in [1.82, 2.24) is 9.97 Å². The molecule has 1 saturated heterocycles. The molecule has 1 aromatic rings. The number of aromatic amines is 1. The lowest BCUT2D eigenvalue weighted by Gasteiger charge is -1.79. The summed E-state index contributed by atoms with van der Waals surface area (Å²) in [6.45, 7) is 0. The SMILES string of the molecule is O=C1CCC(=O)O1.c1c[nH]cn1. The first-order chi connectivity index (χ1) is 5.79. The van der Waals surface area contributed by atoms with Gasteiger partial charge < -0.3 is 9.72 Å². The van der Waals surface area contributed by atoms with Gasteiger partial charge in [0.1, 0.15) is 0 Å². The van der Waals surface area contributed by atoms with E-state index in [1.807, 2.05) is 0 Å². The zero-order valence-electron chi connectivity index (χ0n) is 6.32. The fourth-order valence-corrected chi connectivity index (χ4v) is 0.648. The summed E-state index contributed by atoms with van der Waals surface area (Å²) in [5.41, 5.74) is 0. The van der Waals surface area contributed by atoms with Gasteiger partial charge in [0.05, 0.1) is 19.2 Å². The molecule has 0 aliphatic carbocycles. The summed E-state index contributed by atoms with van der Waals surface area (Å²) < 4.78 is 4.08. The van der Waals surface area contributed by atoms with Crippen molar-refractivity contribution in [2.75, 3.05) is 0 Å². The number of esters is 2. The number of carbonyl (C=O) groups is 2. The first kappa shape index (κ1) is 8.45. The number of rotatable bonds is 0. The van der Waals surface area contributed by atoms with E-state index < -0.39 is 11.9 Å². The largest absolute Gasteiger partial charge is 0.393 e. The molecule has 64 valence electrons. The summed E-state index contributed by atoms with van der Waals surface area (Å²) in [4.78, 5) is 26.4. The highest BCUT2D eigenvalue weighted by Crippen LogP contribution is 2.03. The first-order valence-corrected chi connectivity index (χ1v) is 3.45. The van der Waals surface area contributed by atoms with Gasteiger partial charge in [-0.1, -0.05) is 0 Å². The molecule has 0 spiro atoms. The molecule has 5 nitrogen and oxygen atoms in total. The molecule has 0 atom stereocenters. The summed E-state index contributed by atoms with van der Waals surface area (Å²) in [7, 11) is 0. The summed E-state index contributed by atoms with van der Waals surface area (Å²) in [5.74, 6) is -0.796. The molecule has 0 bridgehead atoms. The van der Waals surface area contributed by atoms with Gasteiger partial charge in [-0.25, -0.2) is 4.98 Å². The van der Waals surface area contributed by atoms with Crippen LogP contribution in [-0.4, -0.2) is 21.9 Å². The second kappa shape index (κ2) is 4.27. The van der Waals surface area contributed by atoms with Gasteiger partial charge in [-0.2, -0.15) is 0 Å². The van der Waals surface area contributed by atoms with E-state index in [2.05, 4.69) is 14.7 Å². The lowest BCUT2D eigenvalue weighted by molar-refractivity contribution is -0.151. The summed E-state index contributed by atoms with van der Waals surface area (Å²) in [6.07, 6.45) is 5.61. The number of imidazole rings is 1. The van der Waals surface area contributed by atoms with Gasteiger partial charge >= 0.3 is 11.9 Å². The Bertz CT molecular complexity index is 224. The maximum atomic E-state index is 10.0. The topological polar surface area (TPSA) is 72.1 Å². The van der Waals surface area contributed by atoms with Gasteiger partial charge in [0.15, 0.2) is 0 Å². The van der Waals surface area contributed by atoms with Crippen molar-refractivity contribution in [3.63, 3.8) is 0 Å². The fraction of sp³-hybridized carbons (Fsp3) is 0.286. The Morgan fingerprint density at radius 3 is 2.17 bits per heavy atom. The minimum atomic E-state index is -0.398. The molecule has 0 radical (unpaired) electrons. The van der Waals surface area contributed by atoms with Crippen molar-refractivity contribution in [3.8, 4) is 0 Å². The lowest BCUT2D eigenvalue weighted by Crippen LogP contribution is -1.94. The van der Waals surface area contributed by atoms with Crippen molar-refractivity contribution < 1.29 is 14.3 Å². The highest BCUT2D eigenvalue weighted by atomic mass is 16.6. The number of ether oxygens (including phenoxy) is 1. The normalized spacial score (nSPS) is 15.0. The minimum absolute atomic E-state index is 0.263. The van der Waals surface area contributed by atoms with Crippen molar-refractivity contribution in [3.05, 3.63) is 18.7 Å². The van der Waals surface area contributed by atoms with Gasteiger partial charge in [-0.15, -0.1) is 0 Å². The minimum Gasteiger partial charge on any atom is -0.393 e. The monoisotopic (exact) mass is 168 g/mol. The van der Waals surface area contributed by atoms with Gasteiger partial charge in [0, 0.05) is 12.4 Å². The summed E-state index contributed by atoms with van der Waals surface area (Å²) in [5, 5.41) is 0. The summed E-state index contributed by atoms with van der Waals surface area (Å²) >= 11 is 0. The maximum Gasteiger partial charge on any atom is 0.314 e. The molecule has 0 unspecified atom stereocenters. The van der Waals surface area contributed by atoms with Gasteiger partial charge in [0.25, 0.3) is 0 Å². The van der Waals surface area contributed by atoms with Crippen molar-refractivity contribution >= 4 is 11.9 Å². The third kappa shape index (κ3) is 2.96. The predicted octanol–water partition coefficient (Wildman–Crippen LogP) is 0.260. The number of hydrogen-bond donors (Lipinski definition) is 1. The molecule has 12 heavy (non-hydrogen) atoms. The predicted molar refractivity (Wildman–Crippen MR) is 38.9 cm³/mol. The van der Waals surface area contributed by atoms with E-state index in [1.54, 1.807) is 18.7 Å². The van der Waals surface area contributed by atoms with Crippen LogP contribution in [0.2, 0.25) is 0 Å². The van der Waals surface area contributed by atoms with Crippen LogP contribution in [0.4, 0.5) is 0 Å². The van der Waals surface area contributed by atoms with Crippen LogP contribution in [0.5, 0.6) is 0 Å².